The van der Waals surface area contributed by atoms with Crippen molar-refractivity contribution in [3.8, 4) is 0 Å². The highest BCUT2D eigenvalue weighted by molar-refractivity contribution is 6.06. The molecule has 0 saturated carbocycles. The van der Waals surface area contributed by atoms with Crippen molar-refractivity contribution in [2.45, 2.75) is 27.7 Å². The van der Waals surface area contributed by atoms with Crippen LogP contribution in [0.15, 0.2) is 23.3 Å². The number of carbonyl (C=O) groups excluding carboxylic acids is 4. The van der Waals surface area contributed by atoms with Gasteiger partial charge in [-0.3, -0.25) is 9.59 Å². The molecule has 0 spiro atoms. The normalized spacial score (nSPS) is 12.0. The second-order valence-electron chi connectivity index (χ2n) is 3.55. The third kappa shape index (κ3) is 6.19. The number of hydrogen-bond acceptors (Lipinski definition) is 5. The van der Waals surface area contributed by atoms with Crippen LogP contribution in [0.25, 0.3) is 0 Å². The van der Waals surface area contributed by atoms with Gasteiger partial charge in [-0.05, 0) is 39.8 Å². The molecule has 0 aliphatic heterocycles. The van der Waals surface area contributed by atoms with Gasteiger partial charge in [0.05, 0.1) is 0 Å². The van der Waals surface area contributed by atoms with E-state index in [9.17, 15) is 19.2 Å². The number of allylic oxidation sites excluding steroid dienone is 2. The Morgan fingerprint density at radius 3 is 1.24 bits per heavy atom. The van der Waals surface area contributed by atoms with Crippen molar-refractivity contribution < 1.29 is 23.9 Å². The number of carbonyl (C=O) groups is 4. The summed E-state index contributed by atoms with van der Waals surface area (Å²) in [4.78, 5) is 44.0. The van der Waals surface area contributed by atoms with Gasteiger partial charge in [-0.25, -0.2) is 9.59 Å². The molecule has 0 saturated heterocycles. The van der Waals surface area contributed by atoms with Crippen LogP contribution in [0, 0.1) is 0 Å². The van der Waals surface area contributed by atoms with Crippen LogP contribution in [-0.2, 0) is 23.9 Å². The lowest BCUT2D eigenvalue weighted by atomic mass is 10.2. The van der Waals surface area contributed by atoms with Crippen molar-refractivity contribution >= 4 is 23.5 Å². The molecule has 0 aliphatic rings. The second-order valence-corrected chi connectivity index (χ2v) is 3.55. The maximum absolute atomic E-state index is 11.3. The van der Waals surface area contributed by atoms with Gasteiger partial charge in [-0.15, -0.1) is 0 Å². The summed E-state index contributed by atoms with van der Waals surface area (Å²) in [7, 11) is 0. The Kier molecular flexibility index (Phi) is 5.74. The lowest BCUT2D eigenvalue weighted by Gasteiger charge is -2.02. The zero-order chi connectivity index (χ0) is 13.6. The van der Waals surface area contributed by atoms with Crippen molar-refractivity contribution in [1.82, 2.24) is 0 Å². The standard InChI is InChI=1S/C12H14O5/c1-7(5-9(3)13)11(15)17-12(16)8(2)6-10(4)14/h5-6H,1-4H3. The molecule has 92 valence electrons. The van der Waals surface area contributed by atoms with Crippen LogP contribution in [0.1, 0.15) is 27.7 Å². The number of esters is 2. The molecule has 0 unspecified atom stereocenters. The van der Waals surface area contributed by atoms with E-state index in [-0.39, 0.29) is 22.7 Å². The number of ether oxygens (including phenoxy) is 1. The SMILES string of the molecule is CC(=O)C=C(C)C(=O)OC(=O)C(C)=CC(C)=O. The first kappa shape index (κ1) is 15.0. The molecule has 0 aliphatic carbocycles. The first-order valence-corrected chi connectivity index (χ1v) is 4.88. The van der Waals surface area contributed by atoms with Crippen molar-refractivity contribution in [3.63, 3.8) is 0 Å². The number of hydrogen-bond donors (Lipinski definition) is 0. The van der Waals surface area contributed by atoms with Crippen molar-refractivity contribution in [2.75, 3.05) is 0 Å². The molecule has 0 aromatic rings. The van der Waals surface area contributed by atoms with E-state index < -0.39 is 11.9 Å². The molecule has 5 nitrogen and oxygen atoms in total. The van der Waals surface area contributed by atoms with Gasteiger partial charge >= 0.3 is 11.9 Å². The highest BCUT2D eigenvalue weighted by atomic mass is 16.6. The molecule has 0 aromatic carbocycles. The summed E-state index contributed by atoms with van der Waals surface area (Å²) in [6.45, 7) is 5.28. The molecular formula is C12H14O5. The van der Waals surface area contributed by atoms with Crippen LogP contribution >= 0.6 is 0 Å². The molecule has 0 bridgehead atoms. The van der Waals surface area contributed by atoms with E-state index in [0.717, 1.165) is 12.2 Å². The molecule has 0 rings (SSSR count). The number of rotatable bonds is 4. The van der Waals surface area contributed by atoms with E-state index >= 15 is 0 Å². The minimum absolute atomic E-state index is 0.0291. The lowest BCUT2D eigenvalue weighted by Crippen LogP contribution is -2.15. The first-order chi connectivity index (χ1) is 7.73. The average molecular weight is 238 g/mol. The zero-order valence-electron chi connectivity index (χ0n) is 10.2. The molecule has 17 heavy (non-hydrogen) atoms. The summed E-state index contributed by atoms with van der Waals surface area (Å²) in [6, 6.07) is 0. The number of ketones is 2. The Morgan fingerprint density at radius 2 is 1.00 bits per heavy atom. The highest BCUT2D eigenvalue weighted by Crippen LogP contribution is 2.02. The summed E-state index contributed by atoms with van der Waals surface area (Å²) < 4.78 is 4.46. The predicted octanol–water partition coefficient (Wildman–Crippen LogP) is 1.13. The quantitative estimate of drug-likeness (QED) is 0.416. The Morgan fingerprint density at radius 1 is 0.706 bits per heavy atom. The van der Waals surface area contributed by atoms with E-state index in [1.165, 1.54) is 27.7 Å². The first-order valence-electron chi connectivity index (χ1n) is 4.88. The summed E-state index contributed by atoms with van der Waals surface area (Å²) in [5, 5.41) is 0. The second kappa shape index (κ2) is 6.52. The van der Waals surface area contributed by atoms with Crippen molar-refractivity contribution in [2.24, 2.45) is 0 Å². The van der Waals surface area contributed by atoms with Crippen LogP contribution in [0.2, 0.25) is 0 Å². The Hall–Kier alpha value is -2.04. The van der Waals surface area contributed by atoms with Gasteiger partial charge < -0.3 is 4.74 Å². The molecular weight excluding hydrogens is 224 g/mol. The van der Waals surface area contributed by atoms with Gasteiger partial charge in [0.15, 0.2) is 11.6 Å². The Balaban J connectivity index is 4.67. The largest absolute Gasteiger partial charge is 0.386 e. The van der Waals surface area contributed by atoms with Crippen molar-refractivity contribution in [1.29, 1.82) is 0 Å². The van der Waals surface area contributed by atoms with Crippen LogP contribution in [-0.4, -0.2) is 23.5 Å². The van der Waals surface area contributed by atoms with Crippen molar-refractivity contribution in [3.05, 3.63) is 23.3 Å². The van der Waals surface area contributed by atoms with Crippen LogP contribution in [0.5, 0.6) is 0 Å². The fraction of sp³-hybridized carbons (Fsp3) is 0.333. The van der Waals surface area contributed by atoms with Crippen LogP contribution < -0.4 is 0 Å². The topological polar surface area (TPSA) is 77.5 Å². The highest BCUT2D eigenvalue weighted by Gasteiger charge is 2.14. The maximum Gasteiger partial charge on any atom is 0.341 e. The summed E-state index contributed by atoms with van der Waals surface area (Å²) >= 11 is 0. The molecule has 0 amide bonds. The van der Waals surface area contributed by atoms with E-state index in [2.05, 4.69) is 4.74 Å². The van der Waals surface area contributed by atoms with E-state index in [1.807, 2.05) is 0 Å². The van der Waals surface area contributed by atoms with Gasteiger partial charge in [-0.1, -0.05) is 0 Å². The molecule has 0 aromatic heterocycles. The van der Waals surface area contributed by atoms with Crippen LogP contribution in [0.4, 0.5) is 0 Å². The fourth-order valence-electron chi connectivity index (χ4n) is 0.973. The summed E-state index contributed by atoms with van der Waals surface area (Å²) in [6.07, 6.45) is 2.14. The Labute approximate surface area is 99.1 Å². The molecule has 0 heterocycles. The molecule has 0 atom stereocenters. The summed E-state index contributed by atoms with van der Waals surface area (Å²) in [5.41, 5.74) is 0.0583. The van der Waals surface area contributed by atoms with Gasteiger partial charge in [0.25, 0.3) is 0 Å². The fourth-order valence-corrected chi connectivity index (χ4v) is 0.973. The van der Waals surface area contributed by atoms with Gasteiger partial charge in [0.1, 0.15) is 0 Å². The lowest BCUT2D eigenvalue weighted by molar-refractivity contribution is -0.154. The molecule has 0 N–H and O–H groups in total. The third-order valence-corrected chi connectivity index (χ3v) is 1.67. The molecule has 0 fully saturated rings. The maximum atomic E-state index is 11.3. The average Bonchev–Trinajstić information content (AvgIpc) is 2.15. The van der Waals surface area contributed by atoms with E-state index in [1.54, 1.807) is 0 Å². The van der Waals surface area contributed by atoms with E-state index in [4.69, 9.17) is 0 Å². The smallest absolute Gasteiger partial charge is 0.341 e. The van der Waals surface area contributed by atoms with E-state index in [0.29, 0.717) is 0 Å². The third-order valence-electron chi connectivity index (χ3n) is 1.67. The zero-order valence-corrected chi connectivity index (χ0v) is 10.2. The summed E-state index contributed by atoms with van der Waals surface area (Å²) in [5.74, 6) is -2.44. The van der Waals surface area contributed by atoms with Crippen LogP contribution in [0.3, 0.4) is 0 Å². The Bertz CT molecular complexity index is 386. The molecule has 5 heteroatoms. The van der Waals surface area contributed by atoms with Gasteiger partial charge in [0.2, 0.25) is 0 Å². The minimum Gasteiger partial charge on any atom is -0.386 e. The predicted molar refractivity (Wildman–Crippen MR) is 60.0 cm³/mol. The molecule has 0 radical (unpaired) electrons. The van der Waals surface area contributed by atoms with Gasteiger partial charge in [0, 0.05) is 11.1 Å². The van der Waals surface area contributed by atoms with Gasteiger partial charge in [-0.2, -0.15) is 0 Å². The monoisotopic (exact) mass is 238 g/mol. The minimum atomic E-state index is -0.901.